The number of hydrogen-bond acceptors (Lipinski definition) is 9. The number of hydrogen-bond donors (Lipinski definition) is 3. The number of aryl methyl sites for hydroxylation is 1. The number of para-hydroxylation sites is 1. The van der Waals surface area contributed by atoms with Crippen molar-refractivity contribution in [3.05, 3.63) is 89.7 Å². The molecule has 0 fully saturated rings. The molecular formula is C29H24N6O5. The summed E-state index contributed by atoms with van der Waals surface area (Å²) in [5.41, 5.74) is 4.60. The van der Waals surface area contributed by atoms with Crippen LogP contribution >= 0.6 is 0 Å². The van der Waals surface area contributed by atoms with Crippen LogP contribution in [0.15, 0.2) is 73.1 Å². The number of fused-ring (bicyclic) bond motifs is 1. The molecule has 0 unspecified atom stereocenters. The molecule has 2 heterocycles. The van der Waals surface area contributed by atoms with E-state index < -0.39 is 5.97 Å². The first-order valence-corrected chi connectivity index (χ1v) is 12.1. The highest BCUT2D eigenvalue weighted by Gasteiger charge is 2.15. The summed E-state index contributed by atoms with van der Waals surface area (Å²) in [7, 11) is 3.01. The highest BCUT2D eigenvalue weighted by Crippen LogP contribution is 2.34. The van der Waals surface area contributed by atoms with Crippen LogP contribution in [0.2, 0.25) is 0 Å². The Morgan fingerprint density at radius 3 is 2.35 bits per heavy atom. The van der Waals surface area contributed by atoms with Gasteiger partial charge in [0.2, 0.25) is 11.8 Å². The number of carbonyl (C=O) groups excluding carboxylic acids is 1. The standard InChI is InChI=1S/C29H24N6O5/c1-16-7-12-20(13-23(16)33-25(36)17-8-10-18(11-9-17)27(37)38)32-28-30-14-19-5-4-6-21(24(19)34-28)22-15-31-29(40-3)35-26(22)39-2/h4-15H,1-3H3,(H,33,36)(H,37,38)(H,30,32,34). The van der Waals surface area contributed by atoms with Crippen molar-refractivity contribution >= 4 is 40.1 Å². The number of nitrogens with zero attached hydrogens (tertiary/aromatic N) is 4. The van der Waals surface area contributed by atoms with Crippen LogP contribution in [0.5, 0.6) is 11.9 Å². The minimum absolute atomic E-state index is 0.107. The van der Waals surface area contributed by atoms with Gasteiger partial charge in [0.05, 0.1) is 30.9 Å². The van der Waals surface area contributed by atoms with E-state index in [2.05, 4.69) is 25.6 Å². The van der Waals surface area contributed by atoms with Gasteiger partial charge in [0.25, 0.3) is 5.91 Å². The fourth-order valence-electron chi connectivity index (χ4n) is 4.05. The second-order valence-corrected chi connectivity index (χ2v) is 8.71. The number of rotatable bonds is 8. The molecule has 0 aliphatic rings. The Labute approximate surface area is 228 Å². The Morgan fingerprint density at radius 2 is 1.62 bits per heavy atom. The molecule has 0 saturated carbocycles. The summed E-state index contributed by atoms with van der Waals surface area (Å²) in [6.07, 6.45) is 3.33. The average molecular weight is 537 g/mol. The van der Waals surface area contributed by atoms with Crippen LogP contribution in [-0.2, 0) is 0 Å². The van der Waals surface area contributed by atoms with Gasteiger partial charge in [-0.1, -0.05) is 24.3 Å². The zero-order valence-electron chi connectivity index (χ0n) is 21.8. The van der Waals surface area contributed by atoms with Crippen molar-refractivity contribution in [1.29, 1.82) is 0 Å². The Morgan fingerprint density at radius 1 is 0.850 bits per heavy atom. The largest absolute Gasteiger partial charge is 0.480 e. The fourth-order valence-corrected chi connectivity index (χ4v) is 4.05. The summed E-state index contributed by atoms with van der Waals surface area (Å²) >= 11 is 0. The summed E-state index contributed by atoms with van der Waals surface area (Å²) < 4.78 is 10.6. The molecule has 5 aromatic rings. The zero-order chi connectivity index (χ0) is 28.2. The molecule has 0 saturated heterocycles. The molecule has 3 N–H and O–H groups in total. The summed E-state index contributed by atoms with van der Waals surface area (Å²) in [4.78, 5) is 41.6. The zero-order valence-corrected chi connectivity index (χ0v) is 21.8. The molecule has 0 aliphatic carbocycles. The Balaban J connectivity index is 1.43. The van der Waals surface area contributed by atoms with Crippen LogP contribution < -0.4 is 20.1 Å². The number of amides is 1. The van der Waals surface area contributed by atoms with E-state index in [1.165, 1.54) is 38.5 Å². The number of carboxylic acids is 1. The van der Waals surface area contributed by atoms with Crippen LogP contribution in [0.1, 0.15) is 26.3 Å². The van der Waals surface area contributed by atoms with Crippen LogP contribution in [0.4, 0.5) is 17.3 Å². The van der Waals surface area contributed by atoms with Gasteiger partial charge in [-0.3, -0.25) is 4.79 Å². The van der Waals surface area contributed by atoms with E-state index in [1.54, 1.807) is 18.5 Å². The van der Waals surface area contributed by atoms with Crippen molar-refractivity contribution in [2.45, 2.75) is 6.92 Å². The number of aromatic nitrogens is 4. The van der Waals surface area contributed by atoms with E-state index in [-0.39, 0.29) is 17.5 Å². The van der Waals surface area contributed by atoms with E-state index in [9.17, 15) is 9.59 Å². The molecule has 2 aromatic heterocycles. The van der Waals surface area contributed by atoms with Gasteiger partial charge in [-0.2, -0.15) is 4.98 Å². The molecular weight excluding hydrogens is 512 g/mol. The lowest BCUT2D eigenvalue weighted by Gasteiger charge is -2.13. The SMILES string of the molecule is COc1ncc(-c2cccc3cnc(Nc4ccc(C)c(NC(=O)c5ccc(C(=O)O)cc5)c4)nc23)c(OC)n1. The summed E-state index contributed by atoms with van der Waals surface area (Å²) in [5.74, 6) is -0.719. The van der Waals surface area contributed by atoms with Crippen molar-refractivity contribution < 1.29 is 24.2 Å². The molecule has 0 radical (unpaired) electrons. The van der Waals surface area contributed by atoms with Crippen LogP contribution in [0, 0.1) is 6.92 Å². The number of aromatic carboxylic acids is 1. The maximum absolute atomic E-state index is 12.8. The molecule has 0 spiro atoms. The van der Waals surface area contributed by atoms with Gasteiger partial charge >= 0.3 is 12.0 Å². The van der Waals surface area contributed by atoms with Crippen LogP contribution in [0.25, 0.3) is 22.0 Å². The molecule has 11 heteroatoms. The minimum Gasteiger partial charge on any atom is -0.480 e. The average Bonchev–Trinajstić information content (AvgIpc) is 2.98. The van der Waals surface area contributed by atoms with E-state index in [4.69, 9.17) is 19.6 Å². The molecule has 3 aromatic carbocycles. The lowest BCUT2D eigenvalue weighted by molar-refractivity contribution is 0.0696. The number of ether oxygens (including phenoxy) is 2. The maximum Gasteiger partial charge on any atom is 0.335 e. The number of carboxylic acid groups (broad SMARTS) is 1. The second-order valence-electron chi connectivity index (χ2n) is 8.71. The highest BCUT2D eigenvalue weighted by atomic mass is 16.5. The van der Waals surface area contributed by atoms with Gasteiger partial charge in [0.15, 0.2) is 0 Å². The van der Waals surface area contributed by atoms with Gasteiger partial charge in [0, 0.05) is 40.3 Å². The predicted molar refractivity (Wildman–Crippen MR) is 149 cm³/mol. The molecule has 0 aliphatic heterocycles. The Bertz CT molecular complexity index is 1740. The van der Waals surface area contributed by atoms with Gasteiger partial charge in [-0.25, -0.2) is 19.7 Å². The van der Waals surface area contributed by atoms with E-state index >= 15 is 0 Å². The van der Waals surface area contributed by atoms with Gasteiger partial charge in [0.1, 0.15) is 0 Å². The number of benzene rings is 3. The predicted octanol–water partition coefficient (Wildman–Crippen LogP) is 5.11. The van der Waals surface area contributed by atoms with Crippen molar-refractivity contribution in [3.8, 4) is 23.0 Å². The van der Waals surface area contributed by atoms with E-state index in [0.717, 1.165) is 16.5 Å². The quantitative estimate of drug-likeness (QED) is 0.244. The summed E-state index contributed by atoms with van der Waals surface area (Å²) in [6.45, 7) is 1.87. The molecule has 0 bridgehead atoms. The lowest BCUT2D eigenvalue weighted by Crippen LogP contribution is -2.13. The van der Waals surface area contributed by atoms with Gasteiger partial charge in [-0.15, -0.1) is 0 Å². The van der Waals surface area contributed by atoms with E-state index in [0.29, 0.717) is 39.8 Å². The first kappa shape index (κ1) is 26.0. The lowest BCUT2D eigenvalue weighted by atomic mass is 10.1. The molecule has 0 atom stereocenters. The third kappa shape index (κ3) is 5.34. The highest BCUT2D eigenvalue weighted by molar-refractivity contribution is 6.05. The van der Waals surface area contributed by atoms with Crippen molar-refractivity contribution in [1.82, 2.24) is 19.9 Å². The van der Waals surface area contributed by atoms with E-state index in [1.807, 2.05) is 37.3 Å². The third-order valence-corrected chi connectivity index (χ3v) is 6.14. The summed E-state index contributed by atoms with van der Waals surface area (Å²) in [6, 6.07) is 17.1. The third-order valence-electron chi connectivity index (χ3n) is 6.14. The first-order chi connectivity index (χ1) is 19.4. The van der Waals surface area contributed by atoms with Crippen molar-refractivity contribution in [2.24, 2.45) is 0 Å². The minimum atomic E-state index is -1.05. The topological polar surface area (TPSA) is 148 Å². The monoisotopic (exact) mass is 536 g/mol. The normalized spacial score (nSPS) is 10.7. The number of anilines is 3. The molecule has 1 amide bonds. The van der Waals surface area contributed by atoms with Crippen molar-refractivity contribution in [3.63, 3.8) is 0 Å². The number of carbonyl (C=O) groups is 2. The smallest absolute Gasteiger partial charge is 0.335 e. The molecule has 5 rings (SSSR count). The van der Waals surface area contributed by atoms with Crippen LogP contribution in [0.3, 0.4) is 0 Å². The van der Waals surface area contributed by atoms with Gasteiger partial charge < -0.3 is 25.2 Å². The van der Waals surface area contributed by atoms with Gasteiger partial charge in [-0.05, 0) is 48.9 Å². The second kappa shape index (κ2) is 11.0. The van der Waals surface area contributed by atoms with Crippen molar-refractivity contribution in [2.75, 3.05) is 24.9 Å². The number of nitrogens with one attached hydrogen (secondary N) is 2. The Hall–Kier alpha value is -5.58. The summed E-state index contributed by atoms with van der Waals surface area (Å²) in [5, 5.41) is 16.0. The molecule has 11 nitrogen and oxygen atoms in total. The fraction of sp³-hybridized carbons (Fsp3) is 0.103. The molecule has 200 valence electrons. The Kier molecular flexibility index (Phi) is 7.18. The molecule has 40 heavy (non-hydrogen) atoms. The van der Waals surface area contributed by atoms with Crippen LogP contribution in [-0.4, -0.2) is 51.1 Å². The maximum atomic E-state index is 12.8. The number of methoxy groups -OCH3 is 2. The first-order valence-electron chi connectivity index (χ1n) is 12.1.